The zero-order valence-corrected chi connectivity index (χ0v) is 13.9. The van der Waals surface area contributed by atoms with Crippen molar-refractivity contribution in [3.05, 3.63) is 48.2 Å². The number of anilines is 1. The second-order valence-corrected chi connectivity index (χ2v) is 5.92. The minimum Gasteiger partial charge on any atom is -0.496 e. The summed E-state index contributed by atoms with van der Waals surface area (Å²) in [5.74, 6) is 1.46. The predicted molar refractivity (Wildman–Crippen MR) is 95.0 cm³/mol. The minimum atomic E-state index is 0.292. The van der Waals surface area contributed by atoms with E-state index in [9.17, 15) is 0 Å². The first-order valence-electron chi connectivity index (χ1n) is 7.76. The maximum Gasteiger partial charge on any atom is 0.223 e. The molecule has 0 atom stereocenters. The number of nitrogens with zero attached hydrogens (tertiary/aromatic N) is 2. The van der Waals surface area contributed by atoms with Crippen LogP contribution < -0.4 is 10.1 Å². The maximum absolute atomic E-state index is 5.60. The van der Waals surface area contributed by atoms with E-state index in [-0.39, 0.29) is 0 Å². The Morgan fingerprint density at radius 1 is 1.09 bits per heavy atom. The summed E-state index contributed by atoms with van der Waals surface area (Å²) in [6, 6.07) is 12.7. The molecular weight excluding hydrogens is 286 g/mol. The van der Waals surface area contributed by atoms with Crippen LogP contribution in [0.5, 0.6) is 5.75 Å². The Labute approximate surface area is 136 Å². The molecule has 0 aliphatic heterocycles. The Hall–Kier alpha value is -2.62. The summed E-state index contributed by atoms with van der Waals surface area (Å²) in [5, 5.41) is 4.23. The molecule has 0 saturated carbocycles. The van der Waals surface area contributed by atoms with Crippen molar-refractivity contribution >= 4 is 16.9 Å². The van der Waals surface area contributed by atoms with Gasteiger partial charge in [0.1, 0.15) is 5.75 Å². The highest BCUT2D eigenvalue weighted by molar-refractivity contribution is 5.89. The molecular formula is C19H21N3O. The van der Waals surface area contributed by atoms with E-state index in [1.54, 1.807) is 7.11 Å². The molecule has 0 unspecified atom stereocenters. The summed E-state index contributed by atoms with van der Waals surface area (Å²) in [6.07, 6.45) is 1.86. The van der Waals surface area contributed by atoms with Crippen molar-refractivity contribution in [2.24, 2.45) is 0 Å². The molecule has 0 spiro atoms. The van der Waals surface area contributed by atoms with Crippen LogP contribution in [0, 0.1) is 6.92 Å². The molecule has 0 aliphatic rings. The molecule has 1 N–H and O–H groups in total. The van der Waals surface area contributed by atoms with Crippen LogP contribution in [0.25, 0.3) is 22.0 Å². The molecule has 2 aromatic carbocycles. The van der Waals surface area contributed by atoms with Crippen molar-refractivity contribution in [1.29, 1.82) is 0 Å². The van der Waals surface area contributed by atoms with Crippen LogP contribution in [-0.2, 0) is 0 Å². The van der Waals surface area contributed by atoms with Crippen molar-refractivity contribution in [3.63, 3.8) is 0 Å². The fourth-order valence-electron chi connectivity index (χ4n) is 2.64. The van der Waals surface area contributed by atoms with Gasteiger partial charge >= 0.3 is 0 Å². The Morgan fingerprint density at radius 2 is 1.87 bits per heavy atom. The monoisotopic (exact) mass is 307 g/mol. The highest BCUT2D eigenvalue weighted by Gasteiger charge is 2.11. The van der Waals surface area contributed by atoms with Gasteiger partial charge in [-0.1, -0.05) is 24.3 Å². The molecule has 1 aromatic heterocycles. The Balaban J connectivity index is 2.15. The average molecular weight is 307 g/mol. The van der Waals surface area contributed by atoms with Crippen molar-refractivity contribution in [2.45, 2.75) is 26.8 Å². The van der Waals surface area contributed by atoms with E-state index in [1.807, 2.05) is 24.4 Å². The number of rotatable bonds is 4. The number of aryl methyl sites for hydroxylation is 1. The predicted octanol–water partition coefficient (Wildman–Crippen LogP) is 4.43. The van der Waals surface area contributed by atoms with Crippen LogP contribution >= 0.6 is 0 Å². The van der Waals surface area contributed by atoms with E-state index in [2.05, 4.69) is 54.3 Å². The number of benzene rings is 2. The number of hydrogen-bond acceptors (Lipinski definition) is 4. The molecule has 3 aromatic rings. The van der Waals surface area contributed by atoms with Crippen molar-refractivity contribution in [1.82, 2.24) is 9.97 Å². The first-order chi connectivity index (χ1) is 11.1. The molecule has 1 heterocycles. The lowest BCUT2D eigenvalue weighted by molar-refractivity contribution is 0.417. The van der Waals surface area contributed by atoms with E-state index in [4.69, 9.17) is 4.74 Å². The first-order valence-corrected chi connectivity index (χ1v) is 7.76. The first kappa shape index (κ1) is 15.3. The van der Waals surface area contributed by atoms with Crippen LogP contribution in [0.3, 0.4) is 0 Å². The fraction of sp³-hybridized carbons (Fsp3) is 0.263. The Morgan fingerprint density at radius 3 is 2.57 bits per heavy atom. The Bertz CT molecular complexity index is 843. The zero-order valence-electron chi connectivity index (χ0n) is 13.9. The van der Waals surface area contributed by atoms with E-state index in [1.165, 1.54) is 5.56 Å². The number of nitrogens with one attached hydrogen (secondary N) is 1. The topological polar surface area (TPSA) is 47.0 Å². The number of ether oxygens (including phenoxy) is 1. The van der Waals surface area contributed by atoms with Gasteiger partial charge in [0.15, 0.2) is 0 Å². The smallest absolute Gasteiger partial charge is 0.223 e. The minimum absolute atomic E-state index is 0.292. The fourth-order valence-corrected chi connectivity index (χ4v) is 2.64. The molecule has 4 heteroatoms. The van der Waals surface area contributed by atoms with Crippen LogP contribution in [0.15, 0.2) is 42.6 Å². The molecule has 0 aliphatic carbocycles. The highest BCUT2D eigenvalue weighted by atomic mass is 16.5. The van der Waals surface area contributed by atoms with E-state index < -0.39 is 0 Å². The SMILES string of the molecule is COc1cc2nc(NC(C)C)ncc2cc1-c1ccccc1C. The summed E-state index contributed by atoms with van der Waals surface area (Å²) in [6.45, 7) is 6.23. The number of aromatic nitrogens is 2. The Kier molecular flexibility index (Phi) is 4.15. The van der Waals surface area contributed by atoms with Crippen molar-refractivity contribution < 1.29 is 4.74 Å². The largest absolute Gasteiger partial charge is 0.496 e. The van der Waals surface area contributed by atoms with Crippen LogP contribution in [0.1, 0.15) is 19.4 Å². The van der Waals surface area contributed by atoms with Gasteiger partial charge in [-0.2, -0.15) is 0 Å². The second-order valence-electron chi connectivity index (χ2n) is 5.92. The molecule has 0 saturated heterocycles. The van der Waals surface area contributed by atoms with Crippen molar-refractivity contribution in [2.75, 3.05) is 12.4 Å². The van der Waals surface area contributed by atoms with Gasteiger partial charge in [0.2, 0.25) is 5.95 Å². The molecule has 0 amide bonds. The molecule has 0 bridgehead atoms. The van der Waals surface area contributed by atoms with Crippen LogP contribution in [0.2, 0.25) is 0 Å². The quantitative estimate of drug-likeness (QED) is 0.774. The van der Waals surface area contributed by atoms with Crippen molar-refractivity contribution in [3.8, 4) is 16.9 Å². The molecule has 0 fully saturated rings. The van der Waals surface area contributed by atoms with Gasteiger partial charge in [0, 0.05) is 29.3 Å². The van der Waals surface area contributed by atoms with Gasteiger partial charge in [0.25, 0.3) is 0 Å². The van der Waals surface area contributed by atoms with Crippen LogP contribution in [-0.4, -0.2) is 23.1 Å². The standard InChI is InChI=1S/C19H21N3O/c1-12(2)21-19-20-11-14-9-16(15-8-6-5-7-13(15)3)18(23-4)10-17(14)22-19/h5-12H,1-4H3,(H,20,21,22). The molecule has 23 heavy (non-hydrogen) atoms. The third kappa shape index (κ3) is 3.11. The van der Waals surface area contributed by atoms with E-state index in [0.29, 0.717) is 12.0 Å². The van der Waals surface area contributed by atoms with Gasteiger partial charge in [-0.3, -0.25) is 0 Å². The molecule has 4 nitrogen and oxygen atoms in total. The van der Waals surface area contributed by atoms with Gasteiger partial charge < -0.3 is 10.1 Å². The van der Waals surface area contributed by atoms with Crippen LogP contribution in [0.4, 0.5) is 5.95 Å². The average Bonchev–Trinajstić information content (AvgIpc) is 2.53. The van der Waals surface area contributed by atoms with Gasteiger partial charge in [-0.05, 0) is 38.0 Å². The third-order valence-corrected chi connectivity index (χ3v) is 3.75. The molecule has 0 radical (unpaired) electrons. The maximum atomic E-state index is 5.60. The summed E-state index contributed by atoms with van der Waals surface area (Å²) >= 11 is 0. The highest BCUT2D eigenvalue weighted by Crippen LogP contribution is 2.35. The lowest BCUT2D eigenvalue weighted by atomic mass is 9.98. The van der Waals surface area contributed by atoms with Gasteiger partial charge in [-0.15, -0.1) is 0 Å². The zero-order chi connectivity index (χ0) is 16.4. The second kappa shape index (κ2) is 6.24. The number of hydrogen-bond donors (Lipinski definition) is 1. The van der Waals surface area contributed by atoms with Gasteiger partial charge in [-0.25, -0.2) is 9.97 Å². The lowest BCUT2D eigenvalue weighted by Gasteiger charge is -2.13. The summed E-state index contributed by atoms with van der Waals surface area (Å²) in [4.78, 5) is 8.98. The van der Waals surface area contributed by atoms with E-state index in [0.717, 1.165) is 27.8 Å². The molecule has 118 valence electrons. The lowest BCUT2D eigenvalue weighted by Crippen LogP contribution is -2.12. The summed E-state index contributed by atoms with van der Waals surface area (Å²) in [5.41, 5.74) is 4.31. The molecule has 3 rings (SSSR count). The number of methoxy groups -OCH3 is 1. The summed E-state index contributed by atoms with van der Waals surface area (Å²) in [7, 11) is 1.69. The summed E-state index contributed by atoms with van der Waals surface area (Å²) < 4.78 is 5.60. The third-order valence-electron chi connectivity index (χ3n) is 3.75. The van der Waals surface area contributed by atoms with Gasteiger partial charge in [0.05, 0.1) is 12.6 Å². The normalized spacial score (nSPS) is 11.0. The number of fused-ring (bicyclic) bond motifs is 1. The van der Waals surface area contributed by atoms with E-state index >= 15 is 0 Å².